The molecule has 5 heteroatoms. The van der Waals surface area contributed by atoms with Gasteiger partial charge in [0.15, 0.2) is 11.6 Å². The molecule has 0 N–H and O–H groups in total. The quantitative estimate of drug-likeness (QED) is 0.850. The topological polar surface area (TPSA) is 49.6 Å². The molecule has 134 valence electrons. The number of oxazole rings is 1. The van der Waals surface area contributed by atoms with E-state index in [1.54, 1.807) is 6.92 Å². The van der Waals surface area contributed by atoms with Crippen molar-refractivity contribution in [1.82, 2.24) is 14.8 Å². The fraction of sp³-hybridized carbons (Fsp3) is 0.500. The highest BCUT2D eigenvalue weighted by atomic mass is 16.4. The Hall–Kier alpha value is -2.14. The third-order valence-electron chi connectivity index (χ3n) is 4.73. The first-order chi connectivity index (χ1) is 12.0. The first-order valence-corrected chi connectivity index (χ1v) is 8.94. The molecule has 1 atom stereocenters. The molecule has 25 heavy (non-hydrogen) atoms. The number of benzene rings is 1. The lowest BCUT2D eigenvalue weighted by Crippen LogP contribution is -2.39. The molecule has 1 aliphatic rings. The Morgan fingerprint density at radius 2 is 1.96 bits per heavy atom. The Bertz CT molecular complexity index is 734. The third kappa shape index (κ3) is 3.93. The van der Waals surface area contributed by atoms with E-state index in [-0.39, 0.29) is 11.9 Å². The largest absolute Gasteiger partial charge is 0.445 e. The van der Waals surface area contributed by atoms with Crippen molar-refractivity contribution in [1.29, 1.82) is 0 Å². The zero-order chi connectivity index (χ0) is 18.0. The summed E-state index contributed by atoms with van der Waals surface area (Å²) in [5, 5.41) is 0. The Kier molecular flexibility index (Phi) is 5.23. The number of carbonyl (C=O) groups is 1. The average Bonchev–Trinajstić information content (AvgIpc) is 2.93. The van der Waals surface area contributed by atoms with Crippen LogP contribution in [-0.2, 0) is 6.54 Å². The number of piperidine rings is 1. The molecule has 5 nitrogen and oxygen atoms in total. The van der Waals surface area contributed by atoms with Crippen LogP contribution in [0.15, 0.2) is 28.7 Å². The number of likely N-dealkylation sites (tertiary alicyclic amines) is 1. The Labute approximate surface area is 149 Å². The van der Waals surface area contributed by atoms with Crippen molar-refractivity contribution in [3.05, 3.63) is 52.7 Å². The highest BCUT2D eigenvalue weighted by Crippen LogP contribution is 2.32. The molecule has 0 radical (unpaired) electrons. The average molecular weight is 341 g/mol. The lowest BCUT2D eigenvalue weighted by molar-refractivity contribution is 0.0604. The molecule has 1 unspecified atom stereocenters. The summed E-state index contributed by atoms with van der Waals surface area (Å²) in [6, 6.07) is 8.77. The van der Waals surface area contributed by atoms with Crippen molar-refractivity contribution in [2.75, 3.05) is 20.6 Å². The van der Waals surface area contributed by atoms with Gasteiger partial charge in [0.05, 0.1) is 6.04 Å². The summed E-state index contributed by atoms with van der Waals surface area (Å²) >= 11 is 0. The molecule has 0 aliphatic carbocycles. The SMILES string of the molecule is Cc1nc(C(=O)N2CCCCC2c2ccc(CN(C)C)cc2)c(C)o1. The number of aromatic nitrogens is 1. The van der Waals surface area contributed by atoms with Crippen LogP contribution in [0.5, 0.6) is 0 Å². The molecular weight excluding hydrogens is 314 g/mol. The molecular formula is C20H27N3O2. The summed E-state index contributed by atoms with van der Waals surface area (Å²) in [4.78, 5) is 21.4. The van der Waals surface area contributed by atoms with Crippen molar-refractivity contribution in [3.8, 4) is 0 Å². The van der Waals surface area contributed by atoms with E-state index in [1.165, 1.54) is 11.1 Å². The molecule has 1 aromatic carbocycles. The van der Waals surface area contributed by atoms with Gasteiger partial charge in [-0.1, -0.05) is 24.3 Å². The zero-order valence-corrected chi connectivity index (χ0v) is 15.6. The molecule has 0 saturated carbocycles. The second-order valence-corrected chi connectivity index (χ2v) is 7.13. The van der Waals surface area contributed by atoms with Crippen LogP contribution in [-0.4, -0.2) is 41.3 Å². The van der Waals surface area contributed by atoms with Gasteiger partial charge in [0, 0.05) is 20.0 Å². The van der Waals surface area contributed by atoms with E-state index >= 15 is 0 Å². The summed E-state index contributed by atoms with van der Waals surface area (Å²) < 4.78 is 5.46. The summed E-state index contributed by atoms with van der Waals surface area (Å²) in [7, 11) is 4.13. The number of hydrogen-bond donors (Lipinski definition) is 0. The molecule has 1 saturated heterocycles. The third-order valence-corrected chi connectivity index (χ3v) is 4.73. The first kappa shape index (κ1) is 17.7. The van der Waals surface area contributed by atoms with Crippen molar-refractivity contribution in [3.63, 3.8) is 0 Å². The van der Waals surface area contributed by atoms with Crippen LogP contribution >= 0.6 is 0 Å². The fourth-order valence-electron chi connectivity index (χ4n) is 3.59. The monoisotopic (exact) mass is 341 g/mol. The van der Waals surface area contributed by atoms with Gasteiger partial charge in [-0.3, -0.25) is 4.79 Å². The molecule has 1 fully saturated rings. The molecule has 1 amide bonds. The predicted molar refractivity (Wildman–Crippen MR) is 97.4 cm³/mol. The lowest BCUT2D eigenvalue weighted by atomic mass is 9.94. The van der Waals surface area contributed by atoms with Crippen LogP contribution in [0, 0.1) is 13.8 Å². The smallest absolute Gasteiger partial charge is 0.276 e. The fourth-order valence-corrected chi connectivity index (χ4v) is 3.59. The van der Waals surface area contributed by atoms with Gasteiger partial charge in [-0.05, 0) is 51.4 Å². The van der Waals surface area contributed by atoms with E-state index in [4.69, 9.17) is 4.42 Å². The summed E-state index contributed by atoms with van der Waals surface area (Å²) in [6.07, 6.45) is 3.18. The molecule has 0 bridgehead atoms. The highest BCUT2D eigenvalue weighted by Gasteiger charge is 2.31. The van der Waals surface area contributed by atoms with Crippen LogP contribution in [0.4, 0.5) is 0 Å². The van der Waals surface area contributed by atoms with Crippen LogP contribution in [0.2, 0.25) is 0 Å². The first-order valence-electron chi connectivity index (χ1n) is 8.94. The maximum atomic E-state index is 13.0. The standard InChI is InChI=1S/C20H27N3O2/c1-14-19(21-15(2)25-14)20(24)23-12-6-5-7-18(23)17-10-8-16(9-11-17)13-22(3)4/h8-11,18H,5-7,12-13H2,1-4H3. The van der Waals surface area contributed by atoms with E-state index in [9.17, 15) is 4.79 Å². The summed E-state index contributed by atoms with van der Waals surface area (Å²) in [5.74, 6) is 1.13. The van der Waals surface area contributed by atoms with E-state index in [0.29, 0.717) is 17.3 Å². The van der Waals surface area contributed by atoms with Gasteiger partial charge in [0.25, 0.3) is 5.91 Å². The van der Waals surface area contributed by atoms with Crippen LogP contribution < -0.4 is 0 Å². The molecule has 2 aromatic rings. The minimum absolute atomic E-state index is 0.0172. The maximum Gasteiger partial charge on any atom is 0.276 e. The Morgan fingerprint density at radius 3 is 2.56 bits per heavy atom. The van der Waals surface area contributed by atoms with Gasteiger partial charge in [0.1, 0.15) is 5.76 Å². The predicted octanol–water partition coefficient (Wildman–Crippen LogP) is 3.72. The molecule has 2 heterocycles. The number of rotatable bonds is 4. The van der Waals surface area contributed by atoms with Gasteiger partial charge in [-0.25, -0.2) is 4.98 Å². The highest BCUT2D eigenvalue weighted by molar-refractivity contribution is 5.93. The number of aryl methyl sites for hydroxylation is 2. The number of hydrogen-bond acceptors (Lipinski definition) is 4. The summed E-state index contributed by atoms with van der Waals surface area (Å²) in [5.41, 5.74) is 2.94. The molecule has 1 aromatic heterocycles. The van der Waals surface area contributed by atoms with Gasteiger partial charge in [-0.15, -0.1) is 0 Å². The number of amides is 1. The van der Waals surface area contributed by atoms with E-state index in [1.807, 2.05) is 11.8 Å². The molecule has 0 spiro atoms. The van der Waals surface area contributed by atoms with E-state index in [0.717, 1.165) is 32.4 Å². The maximum absolute atomic E-state index is 13.0. The lowest BCUT2D eigenvalue weighted by Gasteiger charge is -2.36. The van der Waals surface area contributed by atoms with E-state index in [2.05, 4.69) is 48.2 Å². The van der Waals surface area contributed by atoms with Crippen molar-refractivity contribution >= 4 is 5.91 Å². The van der Waals surface area contributed by atoms with Crippen molar-refractivity contribution in [2.45, 2.75) is 45.7 Å². The molecule has 1 aliphatic heterocycles. The second-order valence-electron chi connectivity index (χ2n) is 7.13. The minimum Gasteiger partial charge on any atom is -0.445 e. The molecule has 3 rings (SSSR count). The normalized spacial score (nSPS) is 18.0. The van der Waals surface area contributed by atoms with Crippen molar-refractivity contribution in [2.24, 2.45) is 0 Å². The van der Waals surface area contributed by atoms with Gasteiger partial charge < -0.3 is 14.2 Å². The van der Waals surface area contributed by atoms with Crippen LogP contribution in [0.1, 0.15) is 58.6 Å². The second kappa shape index (κ2) is 7.40. The number of nitrogens with zero attached hydrogens (tertiary/aromatic N) is 3. The van der Waals surface area contributed by atoms with Crippen LogP contribution in [0.25, 0.3) is 0 Å². The van der Waals surface area contributed by atoms with E-state index < -0.39 is 0 Å². The summed E-state index contributed by atoms with van der Waals surface area (Å²) in [6.45, 7) is 5.28. The van der Waals surface area contributed by atoms with Gasteiger partial charge >= 0.3 is 0 Å². The Balaban J connectivity index is 1.83. The van der Waals surface area contributed by atoms with Crippen LogP contribution in [0.3, 0.4) is 0 Å². The minimum atomic E-state index is -0.0172. The number of carbonyl (C=O) groups excluding carboxylic acids is 1. The van der Waals surface area contributed by atoms with Gasteiger partial charge in [0.2, 0.25) is 0 Å². The van der Waals surface area contributed by atoms with Gasteiger partial charge in [-0.2, -0.15) is 0 Å². The zero-order valence-electron chi connectivity index (χ0n) is 15.6. The Morgan fingerprint density at radius 1 is 1.24 bits per heavy atom. The van der Waals surface area contributed by atoms with Crippen molar-refractivity contribution < 1.29 is 9.21 Å².